The van der Waals surface area contributed by atoms with Crippen LogP contribution in [0, 0.1) is 12.7 Å². The number of nitrogens with zero attached hydrogens (tertiary/aromatic N) is 2. The number of carbonyl (C=O) groups is 1. The maximum Gasteiger partial charge on any atom is 0.262 e. The van der Waals surface area contributed by atoms with E-state index in [4.69, 9.17) is 9.15 Å². The summed E-state index contributed by atoms with van der Waals surface area (Å²) in [6, 6.07) is 11.6. The van der Waals surface area contributed by atoms with Crippen molar-refractivity contribution in [3.05, 3.63) is 76.5 Å². The molecular formula is C21H16FN3O3S. The summed E-state index contributed by atoms with van der Waals surface area (Å²) in [5, 5.41) is 5.61. The molecule has 0 unspecified atom stereocenters. The number of thiazole rings is 1. The van der Waals surface area contributed by atoms with Crippen molar-refractivity contribution in [2.24, 2.45) is 4.99 Å². The molecule has 146 valence electrons. The van der Waals surface area contributed by atoms with E-state index in [2.05, 4.69) is 15.3 Å². The van der Waals surface area contributed by atoms with Crippen molar-refractivity contribution in [3.63, 3.8) is 0 Å². The molecule has 6 nitrogen and oxygen atoms in total. The van der Waals surface area contributed by atoms with Crippen LogP contribution >= 0.6 is 11.3 Å². The molecule has 4 aromatic rings. The molecule has 2 heterocycles. The van der Waals surface area contributed by atoms with Gasteiger partial charge in [0.2, 0.25) is 5.55 Å². The summed E-state index contributed by atoms with van der Waals surface area (Å²) in [6.07, 6.45) is 1.59. The largest absolute Gasteiger partial charge is 0.493 e. The van der Waals surface area contributed by atoms with E-state index in [0.29, 0.717) is 33.1 Å². The molecule has 0 radical (unpaired) electrons. The van der Waals surface area contributed by atoms with E-state index in [1.165, 1.54) is 24.5 Å². The molecule has 1 N–H and O–H groups in total. The maximum atomic E-state index is 14.0. The lowest BCUT2D eigenvalue weighted by molar-refractivity contribution is 0.102. The van der Waals surface area contributed by atoms with Gasteiger partial charge in [0, 0.05) is 22.5 Å². The summed E-state index contributed by atoms with van der Waals surface area (Å²) in [4.78, 5) is 21.4. The molecule has 1 amide bonds. The van der Waals surface area contributed by atoms with E-state index in [0.717, 1.165) is 0 Å². The molecule has 4 rings (SSSR count). The number of ether oxygens (including phenoxy) is 1. The fourth-order valence-corrected chi connectivity index (χ4v) is 3.33. The zero-order valence-corrected chi connectivity index (χ0v) is 16.4. The van der Waals surface area contributed by atoms with E-state index in [1.54, 1.807) is 54.9 Å². The Morgan fingerprint density at radius 1 is 1.28 bits per heavy atom. The summed E-state index contributed by atoms with van der Waals surface area (Å²) in [5.74, 6) is -0.318. The van der Waals surface area contributed by atoms with Gasteiger partial charge in [0.05, 0.1) is 12.8 Å². The molecule has 0 aliphatic carbocycles. The summed E-state index contributed by atoms with van der Waals surface area (Å²) < 4.78 is 25.3. The van der Waals surface area contributed by atoms with Gasteiger partial charge in [-0.1, -0.05) is 18.2 Å². The molecule has 0 atom stereocenters. The van der Waals surface area contributed by atoms with Gasteiger partial charge >= 0.3 is 0 Å². The molecule has 8 heteroatoms. The first-order valence-corrected chi connectivity index (χ1v) is 9.56. The van der Waals surface area contributed by atoms with Crippen LogP contribution in [-0.4, -0.2) is 18.0 Å². The van der Waals surface area contributed by atoms with E-state index < -0.39 is 11.7 Å². The second-order valence-corrected chi connectivity index (χ2v) is 7.03. The van der Waals surface area contributed by atoms with Crippen molar-refractivity contribution < 1.29 is 18.3 Å². The fraction of sp³-hybridized carbons (Fsp3) is 0.0952. The van der Waals surface area contributed by atoms with Gasteiger partial charge in [-0.15, -0.1) is 11.3 Å². The summed E-state index contributed by atoms with van der Waals surface area (Å²) in [6.45, 7) is 1.62. The van der Waals surface area contributed by atoms with Crippen molar-refractivity contribution in [2.45, 2.75) is 6.92 Å². The number of benzene rings is 2. The summed E-state index contributed by atoms with van der Waals surface area (Å²) in [7, 11) is 1.53. The van der Waals surface area contributed by atoms with Gasteiger partial charge in [0.1, 0.15) is 11.4 Å². The van der Waals surface area contributed by atoms with Crippen molar-refractivity contribution in [1.29, 1.82) is 0 Å². The van der Waals surface area contributed by atoms with Crippen LogP contribution in [0.1, 0.15) is 15.9 Å². The Labute approximate surface area is 169 Å². The van der Waals surface area contributed by atoms with Crippen LogP contribution in [0.15, 0.2) is 63.5 Å². The number of rotatable bonds is 4. The van der Waals surface area contributed by atoms with Crippen molar-refractivity contribution in [3.8, 4) is 5.75 Å². The average Bonchev–Trinajstić information content (AvgIpc) is 3.23. The lowest BCUT2D eigenvalue weighted by atomic mass is 10.1. The Hall–Kier alpha value is -3.52. The normalized spacial score (nSPS) is 11.6. The summed E-state index contributed by atoms with van der Waals surface area (Å²) in [5.41, 5.74) is 1.41. The highest BCUT2D eigenvalue weighted by Gasteiger charge is 2.16. The van der Waals surface area contributed by atoms with Crippen LogP contribution in [0.25, 0.3) is 11.0 Å². The second-order valence-electron chi connectivity index (χ2n) is 6.13. The Morgan fingerprint density at radius 2 is 2.10 bits per heavy atom. The third-order valence-electron chi connectivity index (χ3n) is 4.32. The standard InChI is InChI=1S/C21H16FN3O3S/c1-12-15(22)6-4-7-16(12)24-20-14(19(26)25-21-23-9-10-29-21)11-13-5-3-8-17(27-2)18(13)28-20/h3-11H,1-2H3,(H,23,25,26). The molecule has 0 saturated heterocycles. The Kier molecular flexibility index (Phi) is 5.09. The molecule has 29 heavy (non-hydrogen) atoms. The number of nitrogens with one attached hydrogen (secondary N) is 1. The van der Waals surface area contributed by atoms with Crippen LogP contribution in [0.4, 0.5) is 15.2 Å². The minimum Gasteiger partial charge on any atom is -0.493 e. The van der Waals surface area contributed by atoms with E-state index in [9.17, 15) is 9.18 Å². The quantitative estimate of drug-likeness (QED) is 0.524. The number of hydrogen-bond acceptors (Lipinski definition) is 6. The van der Waals surface area contributed by atoms with Crippen molar-refractivity contribution in [2.75, 3.05) is 12.4 Å². The molecule has 0 aliphatic rings. The molecule has 0 bridgehead atoms. The maximum absolute atomic E-state index is 14.0. The Balaban J connectivity index is 1.95. The van der Waals surface area contributed by atoms with E-state index >= 15 is 0 Å². The predicted octanol–water partition coefficient (Wildman–Crippen LogP) is 4.83. The van der Waals surface area contributed by atoms with Gasteiger partial charge in [0.25, 0.3) is 5.91 Å². The fourth-order valence-electron chi connectivity index (χ4n) is 2.81. The first-order chi connectivity index (χ1) is 14.1. The molecule has 0 saturated carbocycles. The Morgan fingerprint density at radius 3 is 2.86 bits per heavy atom. The predicted molar refractivity (Wildman–Crippen MR) is 109 cm³/mol. The number of hydrogen-bond donors (Lipinski definition) is 1. The highest BCUT2D eigenvalue weighted by molar-refractivity contribution is 7.13. The van der Waals surface area contributed by atoms with Gasteiger partial charge < -0.3 is 9.15 Å². The average molecular weight is 409 g/mol. The number of halogens is 1. The molecule has 0 aliphatic heterocycles. The van der Waals surface area contributed by atoms with Gasteiger partial charge in [-0.3, -0.25) is 10.1 Å². The Bertz CT molecular complexity index is 1270. The SMILES string of the molecule is COc1cccc2cc(C(=O)Nc3nccs3)c(=Nc3cccc(F)c3C)oc12. The van der Waals surface area contributed by atoms with Gasteiger partial charge in [-0.2, -0.15) is 0 Å². The lowest BCUT2D eigenvalue weighted by Crippen LogP contribution is -2.21. The van der Waals surface area contributed by atoms with Crippen LogP contribution in [0.5, 0.6) is 5.75 Å². The number of para-hydroxylation sites is 1. The number of amides is 1. The molecule has 0 fully saturated rings. The molecule has 0 spiro atoms. The highest BCUT2D eigenvalue weighted by atomic mass is 32.1. The van der Waals surface area contributed by atoms with E-state index in [-0.39, 0.29) is 11.1 Å². The second kappa shape index (κ2) is 7.84. The number of fused-ring (bicyclic) bond motifs is 1. The topological polar surface area (TPSA) is 76.7 Å². The number of anilines is 1. The van der Waals surface area contributed by atoms with Gasteiger partial charge in [-0.05, 0) is 31.2 Å². The molecule has 2 aromatic heterocycles. The van der Waals surface area contributed by atoms with Crippen LogP contribution in [-0.2, 0) is 0 Å². The van der Waals surface area contributed by atoms with Crippen molar-refractivity contribution in [1.82, 2.24) is 4.98 Å². The van der Waals surface area contributed by atoms with Crippen LogP contribution in [0.2, 0.25) is 0 Å². The van der Waals surface area contributed by atoms with Crippen molar-refractivity contribution >= 4 is 39.0 Å². The number of methoxy groups -OCH3 is 1. The third kappa shape index (κ3) is 3.74. The van der Waals surface area contributed by atoms with Crippen LogP contribution < -0.4 is 15.6 Å². The monoisotopic (exact) mass is 409 g/mol. The zero-order valence-electron chi connectivity index (χ0n) is 15.6. The smallest absolute Gasteiger partial charge is 0.262 e. The van der Waals surface area contributed by atoms with Gasteiger partial charge in [0.15, 0.2) is 16.5 Å². The first kappa shape index (κ1) is 18.8. The minimum absolute atomic E-state index is 0.0461. The minimum atomic E-state index is -0.429. The highest BCUT2D eigenvalue weighted by Crippen LogP contribution is 2.26. The zero-order chi connectivity index (χ0) is 20.4. The van der Waals surface area contributed by atoms with Gasteiger partial charge in [-0.25, -0.2) is 14.4 Å². The molecule has 2 aromatic carbocycles. The number of aromatic nitrogens is 1. The van der Waals surface area contributed by atoms with E-state index in [1.807, 2.05) is 0 Å². The first-order valence-electron chi connectivity index (χ1n) is 8.68. The molecular weight excluding hydrogens is 393 g/mol. The number of carbonyl (C=O) groups excluding carboxylic acids is 1. The lowest BCUT2D eigenvalue weighted by Gasteiger charge is -2.08. The third-order valence-corrected chi connectivity index (χ3v) is 5.01. The summed E-state index contributed by atoms with van der Waals surface area (Å²) >= 11 is 1.30. The van der Waals surface area contributed by atoms with Crippen LogP contribution in [0.3, 0.4) is 0 Å².